The van der Waals surface area contributed by atoms with Crippen LogP contribution in [-0.2, 0) is 6.54 Å². The number of aryl methyl sites for hydroxylation is 1. The highest BCUT2D eigenvalue weighted by atomic mass is 16.1. The van der Waals surface area contributed by atoms with E-state index in [1.807, 2.05) is 37.3 Å². The number of nitrogens with zero attached hydrogens (tertiary/aromatic N) is 2. The maximum absolute atomic E-state index is 10.8. The largest absolute Gasteiger partial charge is 0.296 e. The van der Waals surface area contributed by atoms with E-state index in [1.54, 1.807) is 10.9 Å². The molecule has 0 aliphatic heterocycles. The maximum Gasteiger partial charge on any atom is 0.168 e. The molecule has 0 unspecified atom stereocenters. The zero-order chi connectivity index (χ0) is 10.7. The Hall–Kier alpha value is -1.90. The molecule has 0 radical (unpaired) electrons. The quantitative estimate of drug-likeness (QED) is 0.711. The van der Waals surface area contributed by atoms with Crippen molar-refractivity contribution < 1.29 is 4.79 Å². The standard InChI is InChI=1S/C12H12N2O/c1-10-7-13-14(12(10)9-15)8-11-5-3-2-4-6-11/h2-7,9H,8H2,1H3. The summed E-state index contributed by atoms with van der Waals surface area (Å²) in [5, 5.41) is 4.17. The third-order valence-corrected chi connectivity index (χ3v) is 2.36. The maximum atomic E-state index is 10.8. The molecule has 2 aromatic rings. The smallest absolute Gasteiger partial charge is 0.168 e. The molecule has 0 N–H and O–H groups in total. The van der Waals surface area contributed by atoms with Crippen molar-refractivity contribution in [1.29, 1.82) is 0 Å². The number of hydrogen-bond donors (Lipinski definition) is 0. The first kappa shape index (κ1) is 9.65. The first-order valence-corrected chi connectivity index (χ1v) is 4.83. The van der Waals surface area contributed by atoms with Crippen LogP contribution in [0.4, 0.5) is 0 Å². The molecule has 0 amide bonds. The van der Waals surface area contributed by atoms with Crippen LogP contribution in [0.15, 0.2) is 36.5 Å². The van der Waals surface area contributed by atoms with E-state index >= 15 is 0 Å². The first-order valence-electron chi connectivity index (χ1n) is 4.83. The third kappa shape index (κ3) is 1.96. The summed E-state index contributed by atoms with van der Waals surface area (Å²) in [5.74, 6) is 0. The highest BCUT2D eigenvalue weighted by molar-refractivity contribution is 5.74. The van der Waals surface area contributed by atoms with E-state index in [0.29, 0.717) is 12.2 Å². The fourth-order valence-corrected chi connectivity index (χ4v) is 1.52. The zero-order valence-electron chi connectivity index (χ0n) is 8.55. The Kier molecular flexibility index (Phi) is 2.63. The highest BCUT2D eigenvalue weighted by Gasteiger charge is 2.05. The lowest BCUT2D eigenvalue weighted by molar-refractivity contribution is 0.111. The Labute approximate surface area is 88.4 Å². The minimum atomic E-state index is 0.642. The van der Waals surface area contributed by atoms with Gasteiger partial charge in [0.1, 0.15) is 5.69 Å². The van der Waals surface area contributed by atoms with E-state index in [4.69, 9.17) is 0 Å². The minimum absolute atomic E-state index is 0.642. The van der Waals surface area contributed by atoms with Gasteiger partial charge in [-0.15, -0.1) is 0 Å². The zero-order valence-corrected chi connectivity index (χ0v) is 8.55. The van der Waals surface area contributed by atoms with Crippen molar-refractivity contribution in [3.8, 4) is 0 Å². The number of aldehydes is 1. The topological polar surface area (TPSA) is 34.9 Å². The van der Waals surface area contributed by atoms with E-state index < -0.39 is 0 Å². The van der Waals surface area contributed by atoms with Gasteiger partial charge in [-0.1, -0.05) is 30.3 Å². The molecule has 1 heterocycles. The van der Waals surface area contributed by atoms with Crippen LogP contribution in [0.3, 0.4) is 0 Å². The van der Waals surface area contributed by atoms with E-state index in [9.17, 15) is 4.79 Å². The molecule has 76 valence electrons. The van der Waals surface area contributed by atoms with E-state index in [-0.39, 0.29) is 0 Å². The van der Waals surface area contributed by atoms with Crippen LogP contribution in [-0.4, -0.2) is 16.1 Å². The van der Waals surface area contributed by atoms with E-state index in [2.05, 4.69) is 5.10 Å². The normalized spacial score (nSPS) is 10.2. The van der Waals surface area contributed by atoms with Crippen LogP contribution >= 0.6 is 0 Å². The summed E-state index contributed by atoms with van der Waals surface area (Å²) in [7, 11) is 0. The second kappa shape index (κ2) is 4.09. The van der Waals surface area contributed by atoms with Gasteiger partial charge < -0.3 is 0 Å². The molecule has 0 bridgehead atoms. The van der Waals surface area contributed by atoms with Gasteiger partial charge in [0.2, 0.25) is 0 Å². The lowest BCUT2D eigenvalue weighted by atomic mass is 10.2. The van der Waals surface area contributed by atoms with Crippen molar-refractivity contribution in [3.05, 3.63) is 53.3 Å². The molecule has 2 rings (SSSR count). The van der Waals surface area contributed by atoms with Crippen LogP contribution in [0.25, 0.3) is 0 Å². The summed E-state index contributed by atoms with van der Waals surface area (Å²) in [5.41, 5.74) is 2.71. The van der Waals surface area contributed by atoms with Crippen molar-refractivity contribution in [3.63, 3.8) is 0 Å². The lowest BCUT2D eigenvalue weighted by Gasteiger charge is -2.03. The van der Waals surface area contributed by atoms with Gasteiger partial charge in [-0.25, -0.2) is 0 Å². The van der Waals surface area contributed by atoms with Crippen molar-refractivity contribution in [2.45, 2.75) is 13.5 Å². The number of benzene rings is 1. The average Bonchev–Trinajstić information content (AvgIpc) is 2.61. The Morgan fingerprint density at radius 2 is 2.07 bits per heavy atom. The first-order chi connectivity index (χ1) is 7.31. The summed E-state index contributed by atoms with van der Waals surface area (Å²) in [6, 6.07) is 9.97. The van der Waals surface area contributed by atoms with Gasteiger partial charge in [0.05, 0.1) is 12.7 Å². The Bertz CT molecular complexity index is 460. The summed E-state index contributed by atoms with van der Waals surface area (Å²) < 4.78 is 1.72. The Morgan fingerprint density at radius 3 is 2.73 bits per heavy atom. The van der Waals surface area contributed by atoms with Crippen molar-refractivity contribution in [2.75, 3.05) is 0 Å². The number of carbonyl (C=O) groups is 1. The highest BCUT2D eigenvalue weighted by Crippen LogP contribution is 2.07. The number of rotatable bonds is 3. The molecule has 0 saturated carbocycles. The summed E-state index contributed by atoms with van der Waals surface area (Å²) in [6.07, 6.45) is 2.57. The van der Waals surface area contributed by atoms with Gasteiger partial charge in [0.15, 0.2) is 6.29 Å². The molecule has 1 aromatic heterocycles. The average molecular weight is 200 g/mol. The van der Waals surface area contributed by atoms with E-state index in [0.717, 1.165) is 17.4 Å². The fourth-order valence-electron chi connectivity index (χ4n) is 1.52. The van der Waals surface area contributed by atoms with E-state index in [1.165, 1.54) is 0 Å². The predicted molar refractivity (Wildman–Crippen MR) is 57.9 cm³/mol. The van der Waals surface area contributed by atoms with Crippen molar-refractivity contribution in [2.24, 2.45) is 0 Å². The van der Waals surface area contributed by atoms with Crippen molar-refractivity contribution >= 4 is 6.29 Å². The van der Waals surface area contributed by atoms with Gasteiger partial charge in [0.25, 0.3) is 0 Å². The molecule has 0 atom stereocenters. The van der Waals surface area contributed by atoms with Gasteiger partial charge in [-0.2, -0.15) is 5.10 Å². The monoisotopic (exact) mass is 200 g/mol. The fraction of sp³-hybridized carbons (Fsp3) is 0.167. The molecule has 3 heteroatoms. The molecule has 0 aliphatic carbocycles. The summed E-state index contributed by atoms with van der Waals surface area (Å²) >= 11 is 0. The van der Waals surface area contributed by atoms with Crippen LogP contribution in [0.1, 0.15) is 21.6 Å². The molecule has 15 heavy (non-hydrogen) atoms. The molecular weight excluding hydrogens is 188 g/mol. The molecule has 1 aromatic carbocycles. The van der Waals surface area contributed by atoms with Crippen LogP contribution in [0.5, 0.6) is 0 Å². The second-order valence-electron chi connectivity index (χ2n) is 3.47. The summed E-state index contributed by atoms with van der Waals surface area (Å²) in [4.78, 5) is 10.8. The van der Waals surface area contributed by atoms with Gasteiger partial charge >= 0.3 is 0 Å². The van der Waals surface area contributed by atoms with Crippen LogP contribution < -0.4 is 0 Å². The molecule has 0 fully saturated rings. The number of aromatic nitrogens is 2. The molecule has 0 aliphatic rings. The number of hydrogen-bond acceptors (Lipinski definition) is 2. The van der Waals surface area contributed by atoms with Crippen LogP contribution in [0, 0.1) is 6.92 Å². The molecule has 3 nitrogen and oxygen atoms in total. The molecular formula is C12H12N2O. The van der Waals surface area contributed by atoms with Crippen molar-refractivity contribution in [1.82, 2.24) is 9.78 Å². The predicted octanol–water partition coefficient (Wildman–Crippen LogP) is 2.05. The van der Waals surface area contributed by atoms with Crippen LogP contribution in [0.2, 0.25) is 0 Å². The SMILES string of the molecule is Cc1cnn(Cc2ccccc2)c1C=O. The molecule has 0 spiro atoms. The second-order valence-corrected chi connectivity index (χ2v) is 3.47. The van der Waals surface area contributed by atoms with Gasteiger partial charge in [-0.3, -0.25) is 9.48 Å². The third-order valence-electron chi connectivity index (χ3n) is 2.36. The lowest BCUT2D eigenvalue weighted by Crippen LogP contribution is -2.05. The summed E-state index contributed by atoms with van der Waals surface area (Å²) in [6.45, 7) is 2.53. The Morgan fingerprint density at radius 1 is 1.33 bits per heavy atom. The minimum Gasteiger partial charge on any atom is -0.296 e. The number of carbonyl (C=O) groups excluding carboxylic acids is 1. The Balaban J connectivity index is 2.28. The molecule has 0 saturated heterocycles. The van der Waals surface area contributed by atoms with Gasteiger partial charge in [-0.05, 0) is 18.1 Å². The van der Waals surface area contributed by atoms with Gasteiger partial charge in [0, 0.05) is 0 Å².